The molecule has 0 fully saturated rings. The molecule has 1 aromatic carbocycles. The SMILES string of the molecule is COC(=O)CCCC(=O)N(CC(=O)NCC(=O)Nc1ccc(C)cc1)CC(C)C. The maximum atomic E-state index is 12.4. The van der Waals surface area contributed by atoms with E-state index in [0.717, 1.165) is 5.56 Å². The first-order chi connectivity index (χ1) is 13.7. The standard InChI is InChI=1S/C21H31N3O5/c1-15(2)13-24(20(27)6-5-7-21(28)29-4)14-19(26)22-12-18(25)23-17-10-8-16(3)9-11-17/h8-11,15H,5-7,12-14H2,1-4H3,(H,22,26)(H,23,25). The van der Waals surface area contributed by atoms with Crippen molar-refractivity contribution in [1.29, 1.82) is 0 Å². The Kier molecular flexibility index (Phi) is 10.4. The van der Waals surface area contributed by atoms with Gasteiger partial charge in [0, 0.05) is 25.1 Å². The number of anilines is 1. The quantitative estimate of drug-likeness (QED) is 0.547. The van der Waals surface area contributed by atoms with Gasteiger partial charge >= 0.3 is 5.97 Å². The lowest BCUT2D eigenvalue weighted by molar-refractivity contribution is -0.141. The lowest BCUT2D eigenvalue weighted by Crippen LogP contribution is -2.44. The number of carbonyl (C=O) groups is 4. The number of rotatable bonds is 11. The van der Waals surface area contributed by atoms with Crippen molar-refractivity contribution < 1.29 is 23.9 Å². The molecule has 3 amide bonds. The number of methoxy groups -OCH3 is 1. The van der Waals surface area contributed by atoms with Gasteiger partial charge in [-0.2, -0.15) is 0 Å². The molecule has 1 aromatic rings. The first-order valence-corrected chi connectivity index (χ1v) is 9.69. The van der Waals surface area contributed by atoms with Crippen LogP contribution in [-0.2, 0) is 23.9 Å². The molecule has 8 heteroatoms. The van der Waals surface area contributed by atoms with Gasteiger partial charge in [0.25, 0.3) is 0 Å². The number of nitrogens with one attached hydrogen (secondary N) is 2. The minimum atomic E-state index is -0.411. The molecule has 2 N–H and O–H groups in total. The maximum Gasteiger partial charge on any atom is 0.305 e. The normalized spacial score (nSPS) is 10.4. The van der Waals surface area contributed by atoms with Crippen molar-refractivity contribution in [3.05, 3.63) is 29.8 Å². The highest BCUT2D eigenvalue weighted by atomic mass is 16.5. The van der Waals surface area contributed by atoms with Gasteiger partial charge in [0.15, 0.2) is 0 Å². The fourth-order valence-electron chi connectivity index (χ4n) is 2.59. The van der Waals surface area contributed by atoms with Crippen molar-refractivity contribution in [2.45, 2.75) is 40.0 Å². The summed E-state index contributed by atoms with van der Waals surface area (Å²) < 4.78 is 4.56. The van der Waals surface area contributed by atoms with Crippen LogP contribution >= 0.6 is 0 Å². The molecule has 160 valence electrons. The van der Waals surface area contributed by atoms with E-state index >= 15 is 0 Å². The number of hydrogen-bond donors (Lipinski definition) is 2. The van der Waals surface area contributed by atoms with Crippen LogP contribution in [0.2, 0.25) is 0 Å². The van der Waals surface area contributed by atoms with Crippen LogP contribution < -0.4 is 10.6 Å². The van der Waals surface area contributed by atoms with E-state index in [1.165, 1.54) is 12.0 Å². The van der Waals surface area contributed by atoms with Crippen molar-refractivity contribution >= 4 is 29.4 Å². The van der Waals surface area contributed by atoms with Gasteiger partial charge in [-0.25, -0.2) is 0 Å². The number of amides is 3. The molecule has 0 aliphatic heterocycles. The number of esters is 1. The average molecular weight is 405 g/mol. The fraction of sp³-hybridized carbons (Fsp3) is 0.524. The molecule has 1 rings (SSSR count). The van der Waals surface area contributed by atoms with E-state index in [1.807, 2.05) is 32.9 Å². The summed E-state index contributed by atoms with van der Waals surface area (Å²) in [5, 5.41) is 5.24. The molecule has 8 nitrogen and oxygen atoms in total. The van der Waals surface area contributed by atoms with Gasteiger partial charge < -0.3 is 20.3 Å². The summed E-state index contributed by atoms with van der Waals surface area (Å²) in [4.78, 5) is 49.2. The molecule has 0 saturated heterocycles. The molecule has 29 heavy (non-hydrogen) atoms. The third-order valence-electron chi connectivity index (χ3n) is 4.05. The van der Waals surface area contributed by atoms with Crippen LogP contribution in [0.3, 0.4) is 0 Å². The predicted molar refractivity (Wildman–Crippen MR) is 110 cm³/mol. The molecule has 0 saturated carbocycles. The summed E-state index contributed by atoms with van der Waals surface area (Å²) in [6.45, 7) is 5.95. The number of nitrogens with zero attached hydrogens (tertiary/aromatic N) is 1. The number of hydrogen-bond acceptors (Lipinski definition) is 5. The van der Waals surface area contributed by atoms with E-state index in [9.17, 15) is 19.2 Å². The van der Waals surface area contributed by atoms with Crippen molar-refractivity contribution in [3.63, 3.8) is 0 Å². The number of benzene rings is 1. The van der Waals surface area contributed by atoms with Crippen molar-refractivity contribution in [1.82, 2.24) is 10.2 Å². The Morgan fingerprint density at radius 2 is 1.69 bits per heavy atom. The van der Waals surface area contributed by atoms with Crippen LogP contribution in [0.15, 0.2) is 24.3 Å². The Labute approximate surface area is 172 Å². The predicted octanol–water partition coefficient (Wildman–Crippen LogP) is 1.88. The Balaban J connectivity index is 2.47. The van der Waals surface area contributed by atoms with Gasteiger partial charge in [-0.1, -0.05) is 31.5 Å². The van der Waals surface area contributed by atoms with Crippen LogP contribution in [0, 0.1) is 12.8 Å². The van der Waals surface area contributed by atoms with Gasteiger partial charge in [0.2, 0.25) is 17.7 Å². The van der Waals surface area contributed by atoms with Crippen LogP contribution in [0.5, 0.6) is 0 Å². The minimum Gasteiger partial charge on any atom is -0.469 e. The fourth-order valence-corrected chi connectivity index (χ4v) is 2.59. The molecule has 0 radical (unpaired) electrons. The van der Waals surface area contributed by atoms with Crippen molar-refractivity contribution in [2.75, 3.05) is 32.1 Å². The van der Waals surface area contributed by atoms with E-state index < -0.39 is 5.91 Å². The highest BCUT2D eigenvalue weighted by Crippen LogP contribution is 2.08. The van der Waals surface area contributed by atoms with Crippen LogP contribution in [0.1, 0.15) is 38.7 Å². The summed E-state index contributed by atoms with van der Waals surface area (Å²) in [5.74, 6) is -1.15. The van der Waals surface area contributed by atoms with Crippen LogP contribution in [-0.4, -0.2) is 55.3 Å². The molecular formula is C21H31N3O5. The Hall–Kier alpha value is -2.90. The first kappa shape index (κ1) is 24.1. The zero-order chi connectivity index (χ0) is 21.8. The second kappa shape index (κ2) is 12.5. The Morgan fingerprint density at radius 1 is 1.03 bits per heavy atom. The molecular weight excluding hydrogens is 374 g/mol. The third-order valence-corrected chi connectivity index (χ3v) is 4.05. The Bertz CT molecular complexity index is 701. The summed E-state index contributed by atoms with van der Waals surface area (Å²) in [6.07, 6.45) is 0.673. The number of aryl methyl sites for hydroxylation is 1. The average Bonchev–Trinajstić information content (AvgIpc) is 2.67. The summed E-state index contributed by atoms with van der Waals surface area (Å²) in [5.41, 5.74) is 1.73. The van der Waals surface area contributed by atoms with Gasteiger partial charge in [-0.3, -0.25) is 19.2 Å². The lowest BCUT2D eigenvalue weighted by Gasteiger charge is -2.24. The lowest BCUT2D eigenvalue weighted by atomic mass is 10.1. The molecule has 0 aromatic heterocycles. The van der Waals surface area contributed by atoms with Crippen molar-refractivity contribution in [3.8, 4) is 0 Å². The van der Waals surface area contributed by atoms with Gasteiger partial charge in [-0.15, -0.1) is 0 Å². The minimum absolute atomic E-state index is 0.132. The highest BCUT2D eigenvalue weighted by Gasteiger charge is 2.19. The second-order valence-corrected chi connectivity index (χ2v) is 7.29. The summed E-state index contributed by atoms with van der Waals surface area (Å²) in [7, 11) is 1.30. The van der Waals surface area contributed by atoms with Crippen LogP contribution in [0.4, 0.5) is 5.69 Å². The van der Waals surface area contributed by atoms with Gasteiger partial charge in [-0.05, 0) is 31.4 Å². The molecule has 0 spiro atoms. The summed E-state index contributed by atoms with van der Waals surface area (Å²) >= 11 is 0. The molecule has 0 heterocycles. The molecule has 0 aliphatic rings. The highest BCUT2D eigenvalue weighted by molar-refractivity contribution is 5.95. The van der Waals surface area contributed by atoms with E-state index in [4.69, 9.17) is 0 Å². The molecule has 0 bridgehead atoms. The Morgan fingerprint density at radius 3 is 2.28 bits per heavy atom. The molecule has 0 unspecified atom stereocenters. The summed E-state index contributed by atoms with van der Waals surface area (Å²) in [6, 6.07) is 7.33. The van der Waals surface area contributed by atoms with Crippen molar-refractivity contribution in [2.24, 2.45) is 5.92 Å². The largest absolute Gasteiger partial charge is 0.469 e. The third kappa shape index (κ3) is 10.3. The van der Waals surface area contributed by atoms with E-state index in [0.29, 0.717) is 18.7 Å². The second-order valence-electron chi connectivity index (χ2n) is 7.29. The van der Waals surface area contributed by atoms with E-state index in [-0.39, 0.29) is 49.6 Å². The van der Waals surface area contributed by atoms with Crippen LogP contribution in [0.25, 0.3) is 0 Å². The zero-order valence-electron chi connectivity index (χ0n) is 17.6. The van der Waals surface area contributed by atoms with E-state index in [2.05, 4.69) is 15.4 Å². The number of carbonyl (C=O) groups excluding carboxylic acids is 4. The monoisotopic (exact) mass is 405 g/mol. The maximum absolute atomic E-state index is 12.4. The molecule has 0 aliphatic carbocycles. The molecule has 0 atom stereocenters. The topological polar surface area (TPSA) is 105 Å². The van der Waals surface area contributed by atoms with Gasteiger partial charge in [0.05, 0.1) is 20.2 Å². The first-order valence-electron chi connectivity index (χ1n) is 9.69. The number of ether oxygens (including phenoxy) is 1. The smallest absolute Gasteiger partial charge is 0.305 e. The van der Waals surface area contributed by atoms with Gasteiger partial charge in [0.1, 0.15) is 0 Å². The zero-order valence-corrected chi connectivity index (χ0v) is 17.6. The van der Waals surface area contributed by atoms with E-state index in [1.54, 1.807) is 12.1 Å².